The van der Waals surface area contributed by atoms with Crippen molar-refractivity contribution in [3.8, 4) is 0 Å². The minimum absolute atomic E-state index is 0.761. The average molecular weight is 160 g/mol. The standard InChI is InChI=1S/C9H6NS/c11-9-6-5-7-3-1-2-4-8(7)10-9/h1,3-6H,(H,10,11). The Balaban J connectivity index is 2.94. The number of aromatic nitrogens is 1. The van der Waals surface area contributed by atoms with Crippen LogP contribution in [0, 0.1) is 10.7 Å². The summed E-state index contributed by atoms with van der Waals surface area (Å²) in [7, 11) is 0. The largest absolute Gasteiger partial charge is 0.346 e. The van der Waals surface area contributed by atoms with Crippen molar-refractivity contribution in [1.82, 2.24) is 4.98 Å². The normalized spacial score (nSPS) is 10.2. The first-order chi connectivity index (χ1) is 5.36. The van der Waals surface area contributed by atoms with Gasteiger partial charge in [-0.2, -0.15) is 0 Å². The van der Waals surface area contributed by atoms with Crippen LogP contribution in [0.1, 0.15) is 0 Å². The maximum Gasteiger partial charge on any atom is 0.103 e. The highest BCUT2D eigenvalue weighted by Gasteiger charge is 1.87. The van der Waals surface area contributed by atoms with Crippen LogP contribution in [0.15, 0.2) is 30.3 Å². The molecule has 2 rings (SSSR count). The Labute approximate surface area is 69.7 Å². The number of hydrogen-bond acceptors (Lipinski definition) is 1. The van der Waals surface area contributed by atoms with Gasteiger partial charge in [-0.3, -0.25) is 0 Å². The molecule has 1 radical (unpaired) electrons. The zero-order chi connectivity index (χ0) is 7.68. The quantitative estimate of drug-likeness (QED) is 0.586. The smallest absolute Gasteiger partial charge is 0.103 e. The van der Waals surface area contributed by atoms with Gasteiger partial charge in [0.2, 0.25) is 0 Å². The van der Waals surface area contributed by atoms with Crippen molar-refractivity contribution in [3.05, 3.63) is 41.0 Å². The van der Waals surface area contributed by atoms with Crippen molar-refractivity contribution in [3.63, 3.8) is 0 Å². The highest BCUT2D eigenvalue weighted by atomic mass is 32.1. The number of aromatic amines is 1. The number of benzene rings is 1. The van der Waals surface area contributed by atoms with E-state index in [2.05, 4.69) is 11.1 Å². The predicted octanol–water partition coefficient (Wildman–Crippen LogP) is 2.70. The van der Waals surface area contributed by atoms with E-state index in [1.165, 1.54) is 0 Å². The number of pyridine rings is 1. The summed E-state index contributed by atoms with van der Waals surface area (Å²) in [5.41, 5.74) is 1.04. The maximum absolute atomic E-state index is 4.97. The molecular weight excluding hydrogens is 154 g/mol. The number of hydrogen-bond donors (Lipinski definition) is 1. The highest BCUT2D eigenvalue weighted by Crippen LogP contribution is 2.08. The fraction of sp³-hybridized carbons (Fsp3) is 0. The minimum Gasteiger partial charge on any atom is -0.346 e. The third-order valence-corrected chi connectivity index (χ3v) is 1.81. The summed E-state index contributed by atoms with van der Waals surface area (Å²) >= 11 is 4.97. The molecule has 2 heteroatoms. The second kappa shape index (κ2) is 2.47. The second-order valence-electron chi connectivity index (χ2n) is 2.34. The molecule has 0 saturated heterocycles. The van der Waals surface area contributed by atoms with Gasteiger partial charge in [-0.1, -0.05) is 24.4 Å². The van der Waals surface area contributed by atoms with E-state index in [9.17, 15) is 0 Å². The van der Waals surface area contributed by atoms with E-state index in [1.54, 1.807) is 0 Å². The van der Waals surface area contributed by atoms with Gasteiger partial charge in [-0.15, -0.1) is 0 Å². The molecule has 0 aliphatic rings. The summed E-state index contributed by atoms with van der Waals surface area (Å²) in [5, 5.41) is 1.16. The third kappa shape index (κ3) is 1.17. The Kier molecular flexibility index (Phi) is 1.47. The molecule has 11 heavy (non-hydrogen) atoms. The molecule has 1 aromatic carbocycles. The van der Waals surface area contributed by atoms with Gasteiger partial charge >= 0.3 is 0 Å². The molecule has 1 nitrogen and oxygen atoms in total. The first kappa shape index (κ1) is 6.55. The third-order valence-electron chi connectivity index (χ3n) is 1.57. The van der Waals surface area contributed by atoms with E-state index in [-0.39, 0.29) is 0 Å². The molecule has 0 unspecified atom stereocenters. The van der Waals surface area contributed by atoms with Crippen LogP contribution in [0.3, 0.4) is 0 Å². The summed E-state index contributed by atoms with van der Waals surface area (Å²) in [6, 6.07) is 12.7. The van der Waals surface area contributed by atoms with Gasteiger partial charge in [0.25, 0.3) is 0 Å². The molecule has 0 spiro atoms. The van der Waals surface area contributed by atoms with Gasteiger partial charge < -0.3 is 4.98 Å². The topological polar surface area (TPSA) is 15.8 Å². The Morgan fingerprint density at radius 3 is 3.09 bits per heavy atom. The lowest BCUT2D eigenvalue weighted by Crippen LogP contribution is -1.76. The van der Waals surface area contributed by atoms with E-state index in [0.717, 1.165) is 15.5 Å². The number of H-pyrrole nitrogens is 1. The van der Waals surface area contributed by atoms with Gasteiger partial charge in [0.1, 0.15) is 4.64 Å². The van der Waals surface area contributed by atoms with Gasteiger partial charge in [-0.25, -0.2) is 0 Å². The molecule has 1 heterocycles. The van der Waals surface area contributed by atoms with E-state index < -0.39 is 0 Å². The van der Waals surface area contributed by atoms with Gasteiger partial charge in [0.05, 0.1) is 0 Å². The van der Waals surface area contributed by atoms with Crippen LogP contribution in [0.25, 0.3) is 10.9 Å². The fourth-order valence-electron chi connectivity index (χ4n) is 1.04. The first-order valence-corrected chi connectivity index (χ1v) is 3.76. The highest BCUT2D eigenvalue weighted by molar-refractivity contribution is 7.71. The fourth-order valence-corrected chi connectivity index (χ4v) is 1.21. The monoisotopic (exact) mass is 160 g/mol. The zero-order valence-electron chi connectivity index (χ0n) is 5.79. The SMILES string of the molecule is S=c1ccc2cc[c]cc2[nH]1. The minimum atomic E-state index is 0.761. The first-order valence-electron chi connectivity index (χ1n) is 3.35. The lowest BCUT2D eigenvalue weighted by atomic mass is 10.2. The van der Waals surface area contributed by atoms with Crippen molar-refractivity contribution in [2.75, 3.05) is 0 Å². The summed E-state index contributed by atoms with van der Waals surface area (Å²) in [4.78, 5) is 3.07. The molecule has 0 aliphatic heterocycles. The van der Waals surface area contributed by atoms with Crippen LogP contribution in [0.2, 0.25) is 0 Å². The molecule has 0 atom stereocenters. The van der Waals surface area contributed by atoms with Crippen LogP contribution in [-0.2, 0) is 0 Å². The number of nitrogens with one attached hydrogen (secondary N) is 1. The lowest BCUT2D eigenvalue weighted by Gasteiger charge is -1.94. The summed E-state index contributed by atoms with van der Waals surface area (Å²) in [6.45, 7) is 0. The molecule has 0 bridgehead atoms. The Hall–Kier alpha value is -1.15. The molecule has 0 amide bonds. The van der Waals surface area contributed by atoms with Crippen LogP contribution >= 0.6 is 12.2 Å². The Morgan fingerprint density at radius 1 is 1.27 bits per heavy atom. The second-order valence-corrected chi connectivity index (χ2v) is 2.78. The van der Waals surface area contributed by atoms with Crippen molar-refractivity contribution >= 4 is 23.1 Å². The van der Waals surface area contributed by atoms with E-state index in [1.807, 2.05) is 30.3 Å². The molecule has 1 aromatic heterocycles. The van der Waals surface area contributed by atoms with Crippen LogP contribution in [0.5, 0.6) is 0 Å². The number of rotatable bonds is 0. The van der Waals surface area contributed by atoms with Gasteiger partial charge in [0, 0.05) is 5.52 Å². The Morgan fingerprint density at radius 2 is 2.18 bits per heavy atom. The number of fused-ring (bicyclic) bond motifs is 1. The van der Waals surface area contributed by atoms with E-state index in [4.69, 9.17) is 12.2 Å². The van der Waals surface area contributed by atoms with Gasteiger partial charge in [0.15, 0.2) is 0 Å². The Bertz CT molecular complexity index is 431. The van der Waals surface area contributed by atoms with Crippen LogP contribution in [-0.4, -0.2) is 4.98 Å². The van der Waals surface area contributed by atoms with Gasteiger partial charge in [-0.05, 0) is 29.7 Å². The summed E-state index contributed by atoms with van der Waals surface area (Å²) < 4.78 is 0.761. The van der Waals surface area contributed by atoms with Crippen LogP contribution in [0.4, 0.5) is 0 Å². The predicted molar refractivity (Wildman–Crippen MR) is 48.0 cm³/mol. The molecular formula is C9H6NS. The summed E-state index contributed by atoms with van der Waals surface area (Å²) in [5.74, 6) is 0. The van der Waals surface area contributed by atoms with Crippen LogP contribution < -0.4 is 0 Å². The van der Waals surface area contributed by atoms with E-state index in [0.29, 0.717) is 0 Å². The summed E-state index contributed by atoms with van der Waals surface area (Å²) in [6.07, 6.45) is 0. The van der Waals surface area contributed by atoms with Crippen molar-refractivity contribution in [1.29, 1.82) is 0 Å². The van der Waals surface area contributed by atoms with Crippen molar-refractivity contribution in [2.24, 2.45) is 0 Å². The molecule has 53 valence electrons. The maximum atomic E-state index is 4.97. The molecule has 1 N–H and O–H groups in total. The van der Waals surface area contributed by atoms with Crippen molar-refractivity contribution in [2.45, 2.75) is 0 Å². The van der Waals surface area contributed by atoms with E-state index >= 15 is 0 Å². The molecule has 0 saturated carbocycles. The average Bonchev–Trinajstić information content (AvgIpc) is 2.04. The molecule has 2 aromatic rings. The lowest BCUT2D eigenvalue weighted by molar-refractivity contribution is 1.38. The molecule has 0 fully saturated rings. The molecule has 0 aliphatic carbocycles. The zero-order valence-corrected chi connectivity index (χ0v) is 6.61. The van der Waals surface area contributed by atoms with Crippen molar-refractivity contribution < 1.29 is 0 Å².